The van der Waals surface area contributed by atoms with Gasteiger partial charge in [0.1, 0.15) is 0 Å². The predicted octanol–water partition coefficient (Wildman–Crippen LogP) is 2.86. The number of thioether (sulfide) groups is 1. The summed E-state index contributed by atoms with van der Waals surface area (Å²) >= 11 is 1.83. The fourth-order valence-electron chi connectivity index (χ4n) is 1.46. The van der Waals surface area contributed by atoms with Crippen LogP contribution in [0.1, 0.15) is 22.3 Å². The highest BCUT2D eigenvalue weighted by molar-refractivity contribution is 7.98. The van der Waals surface area contributed by atoms with Crippen molar-refractivity contribution < 1.29 is 9.90 Å². The van der Waals surface area contributed by atoms with E-state index in [4.69, 9.17) is 5.11 Å². The van der Waals surface area contributed by atoms with Crippen LogP contribution in [0.25, 0.3) is 0 Å². The third kappa shape index (κ3) is 3.77. The van der Waals surface area contributed by atoms with E-state index < -0.39 is 5.97 Å². The molecule has 0 saturated carbocycles. The molecule has 16 heavy (non-hydrogen) atoms. The van der Waals surface area contributed by atoms with E-state index in [0.717, 1.165) is 30.0 Å². The summed E-state index contributed by atoms with van der Waals surface area (Å²) < 4.78 is 0. The summed E-state index contributed by atoms with van der Waals surface area (Å²) in [4.78, 5) is 10.8. The van der Waals surface area contributed by atoms with E-state index in [2.05, 4.69) is 11.6 Å². The number of rotatable bonds is 6. The zero-order chi connectivity index (χ0) is 12.0. The van der Waals surface area contributed by atoms with Crippen LogP contribution in [-0.4, -0.2) is 29.6 Å². The van der Waals surface area contributed by atoms with Crippen LogP contribution in [-0.2, 0) is 0 Å². The molecule has 0 bridgehead atoms. The number of carboxylic acid groups (broad SMARTS) is 1. The Hall–Kier alpha value is -1.16. The number of hydrogen-bond acceptors (Lipinski definition) is 3. The first kappa shape index (κ1) is 12.9. The molecule has 0 saturated heterocycles. The van der Waals surface area contributed by atoms with Crippen molar-refractivity contribution in [3.8, 4) is 0 Å². The molecule has 0 atom stereocenters. The van der Waals surface area contributed by atoms with Gasteiger partial charge < -0.3 is 10.4 Å². The van der Waals surface area contributed by atoms with Crippen LogP contribution in [0.4, 0.5) is 5.69 Å². The summed E-state index contributed by atoms with van der Waals surface area (Å²) in [6, 6.07) is 5.34. The molecule has 0 amide bonds. The summed E-state index contributed by atoms with van der Waals surface area (Å²) in [5.41, 5.74) is 2.15. The minimum absolute atomic E-state index is 0.370. The molecule has 0 aromatic heterocycles. The number of carboxylic acids is 1. The van der Waals surface area contributed by atoms with Crippen molar-refractivity contribution in [2.45, 2.75) is 13.3 Å². The van der Waals surface area contributed by atoms with Crippen molar-refractivity contribution in [3.05, 3.63) is 29.3 Å². The van der Waals surface area contributed by atoms with Gasteiger partial charge in [-0.05, 0) is 49.1 Å². The van der Waals surface area contributed by atoms with Gasteiger partial charge in [0.15, 0.2) is 0 Å². The molecule has 0 fully saturated rings. The average Bonchev–Trinajstić information content (AvgIpc) is 2.24. The summed E-state index contributed by atoms with van der Waals surface area (Å²) in [7, 11) is 0. The highest BCUT2D eigenvalue weighted by atomic mass is 32.2. The summed E-state index contributed by atoms with van der Waals surface area (Å²) in [5.74, 6) is 0.269. The molecule has 1 aromatic rings. The second-order valence-electron chi connectivity index (χ2n) is 3.61. The predicted molar refractivity (Wildman–Crippen MR) is 69.6 cm³/mol. The Kier molecular flexibility index (Phi) is 5.19. The number of benzene rings is 1. The SMILES string of the molecule is CSCCCNc1ccc(C(=O)O)c(C)c1. The number of anilines is 1. The van der Waals surface area contributed by atoms with Crippen molar-refractivity contribution in [2.75, 3.05) is 23.9 Å². The van der Waals surface area contributed by atoms with Crippen LogP contribution in [0.3, 0.4) is 0 Å². The van der Waals surface area contributed by atoms with E-state index in [0.29, 0.717) is 5.56 Å². The molecule has 0 spiro atoms. The van der Waals surface area contributed by atoms with E-state index in [1.165, 1.54) is 0 Å². The molecule has 0 heterocycles. The van der Waals surface area contributed by atoms with Gasteiger partial charge in [-0.2, -0.15) is 11.8 Å². The molecular formula is C12H17NO2S. The van der Waals surface area contributed by atoms with Crippen LogP contribution >= 0.6 is 11.8 Å². The summed E-state index contributed by atoms with van der Waals surface area (Å²) in [6.45, 7) is 2.74. The highest BCUT2D eigenvalue weighted by Gasteiger charge is 2.06. The van der Waals surface area contributed by atoms with Crippen molar-refractivity contribution in [1.29, 1.82) is 0 Å². The van der Waals surface area contributed by atoms with Crippen LogP contribution < -0.4 is 5.32 Å². The topological polar surface area (TPSA) is 49.3 Å². The van der Waals surface area contributed by atoms with Crippen LogP contribution in [0.5, 0.6) is 0 Å². The summed E-state index contributed by atoms with van der Waals surface area (Å²) in [6.07, 6.45) is 3.20. The lowest BCUT2D eigenvalue weighted by atomic mass is 10.1. The van der Waals surface area contributed by atoms with Gasteiger partial charge in [-0.1, -0.05) is 0 Å². The Bertz CT molecular complexity index is 366. The van der Waals surface area contributed by atoms with Crippen molar-refractivity contribution in [2.24, 2.45) is 0 Å². The Labute approximate surface area is 100 Å². The number of nitrogens with one attached hydrogen (secondary N) is 1. The fraction of sp³-hybridized carbons (Fsp3) is 0.417. The van der Waals surface area contributed by atoms with Gasteiger partial charge in [0.25, 0.3) is 0 Å². The number of aromatic carboxylic acids is 1. The third-order valence-corrected chi connectivity index (χ3v) is 3.01. The third-order valence-electron chi connectivity index (χ3n) is 2.31. The molecule has 1 aromatic carbocycles. The first-order valence-corrected chi connectivity index (χ1v) is 6.61. The smallest absolute Gasteiger partial charge is 0.335 e. The second kappa shape index (κ2) is 6.43. The van der Waals surface area contributed by atoms with Gasteiger partial charge in [-0.15, -0.1) is 0 Å². The Morgan fingerprint density at radius 2 is 2.25 bits per heavy atom. The Morgan fingerprint density at radius 1 is 1.50 bits per heavy atom. The maximum absolute atomic E-state index is 10.8. The maximum atomic E-state index is 10.8. The van der Waals surface area contributed by atoms with E-state index in [-0.39, 0.29) is 0 Å². The van der Waals surface area contributed by atoms with Gasteiger partial charge >= 0.3 is 5.97 Å². The molecule has 4 heteroatoms. The van der Waals surface area contributed by atoms with E-state index in [1.807, 2.05) is 30.8 Å². The van der Waals surface area contributed by atoms with Crippen molar-refractivity contribution >= 4 is 23.4 Å². The van der Waals surface area contributed by atoms with Gasteiger partial charge in [0.05, 0.1) is 5.56 Å². The largest absolute Gasteiger partial charge is 0.478 e. The van der Waals surface area contributed by atoms with Crippen LogP contribution in [0.15, 0.2) is 18.2 Å². The molecule has 2 N–H and O–H groups in total. The minimum atomic E-state index is -0.869. The number of aryl methyl sites for hydroxylation is 1. The average molecular weight is 239 g/mol. The van der Waals surface area contributed by atoms with E-state index in [9.17, 15) is 4.79 Å². The summed E-state index contributed by atoms with van der Waals surface area (Å²) in [5, 5.41) is 12.2. The Morgan fingerprint density at radius 3 is 2.81 bits per heavy atom. The standard InChI is InChI=1S/C12H17NO2S/c1-9-8-10(13-6-3-7-16-2)4-5-11(9)12(14)15/h4-5,8,13H,3,6-7H2,1-2H3,(H,14,15). The van der Waals surface area contributed by atoms with E-state index in [1.54, 1.807) is 6.07 Å². The highest BCUT2D eigenvalue weighted by Crippen LogP contribution is 2.15. The monoisotopic (exact) mass is 239 g/mol. The molecule has 0 unspecified atom stereocenters. The number of hydrogen-bond donors (Lipinski definition) is 2. The zero-order valence-corrected chi connectivity index (χ0v) is 10.4. The van der Waals surface area contributed by atoms with Crippen LogP contribution in [0, 0.1) is 6.92 Å². The maximum Gasteiger partial charge on any atom is 0.335 e. The molecule has 1 rings (SSSR count). The first-order valence-electron chi connectivity index (χ1n) is 5.22. The van der Waals surface area contributed by atoms with Gasteiger partial charge in [0, 0.05) is 12.2 Å². The van der Waals surface area contributed by atoms with Gasteiger partial charge in [-0.25, -0.2) is 4.79 Å². The number of carbonyl (C=O) groups is 1. The van der Waals surface area contributed by atoms with Crippen molar-refractivity contribution in [3.63, 3.8) is 0 Å². The van der Waals surface area contributed by atoms with Crippen molar-refractivity contribution in [1.82, 2.24) is 0 Å². The lowest BCUT2D eigenvalue weighted by Gasteiger charge is -2.08. The Balaban J connectivity index is 2.56. The van der Waals surface area contributed by atoms with Gasteiger partial charge in [-0.3, -0.25) is 0 Å². The molecule has 0 radical (unpaired) electrons. The minimum Gasteiger partial charge on any atom is -0.478 e. The molecular weight excluding hydrogens is 222 g/mol. The van der Waals surface area contributed by atoms with Gasteiger partial charge in [0.2, 0.25) is 0 Å². The van der Waals surface area contributed by atoms with Crippen LogP contribution in [0.2, 0.25) is 0 Å². The molecule has 0 aliphatic carbocycles. The molecule has 0 aliphatic rings. The normalized spacial score (nSPS) is 10.1. The fourth-order valence-corrected chi connectivity index (χ4v) is 1.90. The zero-order valence-electron chi connectivity index (χ0n) is 9.62. The molecule has 3 nitrogen and oxygen atoms in total. The molecule has 0 aliphatic heterocycles. The second-order valence-corrected chi connectivity index (χ2v) is 4.59. The lowest BCUT2D eigenvalue weighted by molar-refractivity contribution is 0.0696. The quantitative estimate of drug-likeness (QED) is 0.749. The van der Waals surface area contributed by atoms with E-state index >= 15 is 0 Å². The first-order chi connectivity index (χ1) is 7.65. The molecule has 88 valence electrons. The lowest BCUT2D eigenvalue weighted by Crippen LogP contribution is -2.04.